The Kier molecular flexibility index (Phi) is 7.26. The van der Waals surface area contributed by atoms with Crippen molar-refractivity contribution in [1.29, 1.82) is 5.26 Å². The van der Waals surface area contributed by atoms with E-state index < -0.39 is 5.95 Å². The summed E-state index contributed by atoms with van der Waals surface area (Å²) in [6.07, 6.45) is 4.15. The van der Waals surface area contributed by atoms with Crippen molar-refractivity contribution < 1.29 is 13.9 Å². The van der Waals surface area contributed by atoms with Crippen LogP contribution in [0.3, 0.4) is 0 Å². The lowest BCUT2D eigenvalue weighted by Crippen LogP contribution is -2.49. The Morgan fingerprint density at radius 3 is 2.73 bits per heavy atom. The van der Waals surface area contributed by atoms with E-state index in [2.05, 4.69) is 44.6 Å². The molecule has 1 amide bonds. The number of likely N-dealkylation sites (tertiary alicyclic amines) is 1. The van der Waals surface area contributed by atoms with Gasteiger partial charge in [0.25, 0.3) is 0 Å². The molecule has 0 radical (unpaired) electrons. The predicted octanol–water partition coefficient (Wildman–Crippen LogP) is 3.15. The molecular formula is C30H35FN8O2. The Labute approximate surface area is 239 Å². The van der Waals surface area contributed by atoms with Crippen LogP contribution in [0, 0.1) is 24.2 Å². The van der Waals surface area contributed by atoms with Gasteiger partial charge in [0.2, 0.25) is 17.7 Å². The molecular weight excluding hydrogens is 523 g/mol. The third-order valence-corrected chi connectivity index (χ3v) is 8.74. The minimum absolute atomic E-state index is 0.0849. The molecule has 10 nitrogen and oxygen atoms in total. The molecule has 1 aromatic carbocycles. The number of anilines is 2. The molecule has 6 rings (SSSR count). The number of fused-ring (bicyclic) bond motifs is 2. The minimum Gasteiger partial charge on any atom is -0.475 e. The number of likely N-dealkylation sites (N-methyl/N-ethyl adjacent to an activating group) is 1. The lowest BCUT2D eigenvalue weighted by molar-refractivity contribution is -0.126. The Balaban J connectivity index is 1.39. The van der Waals surface area contributed by atoms with Gasteiger partial charge in [0.1, 0.15) is 18.2 Å². The first-order valence-electron chi connectivity index (χ1n) is 14.2. The number of nitriles is 1. The summed E-state index contributed by atoms with van der Waals surface area (Å²) in [5.41, 5.74) is 5.48. The topological polar surface area (TPSA) is 105 Å². The molecule has 3 aliphatic heterocycles. The fourth-order valence-corrected chi connectivity index (χ4v) is 6.49. The summed E-state index contributed by atoms with van der Waals surface area (Å²) in [7, 11) is 2.10. The first-order chi connectivity index (χ1) is 19.9. The van der Waals surface area contributed by atoms with Gasteiger partial charge >= 0.3 is 0 Å². The number of halogens is 1. The second-order valence-corrected chi connectivity index (χ2v) is 11.1. The molecule has 5 heterocycles. The molecule has 41 heavy (non-hydrogen) atoms. The lowest BCUT2D eigenvalue weighted by atomic mass is 9.97. The molecule has 2 fully saturated rings. The van der Waals surface area contributed by atoms with Crippen LogP contribution in [0.25, 0.3) is 10.9 Å². The van der Waals surface area contributed by atoms with Crippen molar-refractivity contribution in [3.05, 3.63) is 53.1 Å². The zero-order valence-electron chi connectivity index (χ0n) is 23.6. The summed E-state index contributed by atoms with van der Waals surface area (Å²) in [4.78, 5) is 25.6. The van der Waals surface area contributed by atoms with Crippen molar-refractivity contribution >= 4 is 28.2 Å². The molecule has 2 saturated heterocycles. The summed E-state index contributed by atoms with van der Waals surface area (Å²) in [5.74, 6) is -0.190. The van der Waals surface area contributed by atoms with E-state index in [4.69, 9.17) is 9.72 Å². The van der Waals surface area contributed by atoms with Crippen LogP contribution in [0.1, 0.15) is 35.2 Å². The maximum Gasteiger partial charge on any atom is 0.246 e. The highest BCUT2D eigenvalue weighted by atomic mass is 19.1. The zero-order valence-corrected chi connectivity index (χ0v) is 23.6. The minimum atomic E-state index is -0.449. The number of aromatic nitrogens is 3. The van der Waals surface area contributed by atoms with E-state index in [1.54, 1.807) is 4.90 Å². The lowest BCUT2D eigenvalue weighted by Gasteiger charge is -2.39. The standard InChI is InChI=1S/C30H35FN8O2/c1-4-25(40)37-12-14-38(15-13-37)28-21-9-11-39(27-19(2)7-8-23-26(27)29(31)35-34-23)17-24(21)33-30(22(28)16-32)41-18-20-6-5-10-36(20)3/h4,7-8,20H,1,5-6,9-15,17-18H2,2-3H3,(H,34,35). The molecule has 0 saturated carbocycles. The first kappa shape index (κ1) is 27.0. The maximum absolute atomic E-state index is 14.8. The Morgan fingerprint density at radius 1 is 1.22 bits per heavy atom. The number of aromatic amines is 1. The van der Waals surface area contributed by atoms with Gasteiger partial charge in [0.15, 0.2) is 0 Å². The second-order valence-electron chi connectivity index (χ2n) is 11.1. The molecule has 1 atom stereocenters. The number of nitrogens with zero attached hydrogens (tertiary/aromatic N) is 7. The second kappa shape index (κ2) is 11.0. The molecule has 1 N–H and O–H groups in total. The smallest absolute Gasteiger partial charge is 0.246 e. The van der Waals surface area contributed by atoms with Gasteiger partial charge in [-0.05, 0) is 57.5 Å². The van der Waals surface area contributed by atoms with Crippen LogP contribution < -0.4 is 14.5 Å². The molecule has 0 aliphatic carbocycles. The molecule has 11 heteroatoms. The van der Waals surface area contributed by atoms with E-state index in [1.165, 1.54) is 6.08 Å². The summed E-state index contributed by atoms with van der Waals surface area (Å²) in [6.45, 7) is 10.4. The number of rotatable bonds is 6. The summed E-state index contributed by atoms with van der Waals surface area (Å²) >= 11 is 0. The SMILES string of the molecule is C=CC(=O)N1CCN(c2c(C#N)c(OCC3CCCN3C)nc3c2CCN(c2c(C)ccc4n[nH]c(F)c24)C3)CC1. The van der Waals surface area contributed by atoms with E-state index in [0.29, 0.717) is 74.6 Å². The maximum atomic E-state index is 14.8. The average Bonchev–Trinajstić information content (AvgIpc) is 3.58. The number of pyridine rings is 1. The van der Waals surface area contributed by atoms with Gasteiger partial charge in [-0.1, -0.05) is 12.6 Å². The van der Waals surface area contributed by atoms with Crippen LogP contribution in [0.15, 0.2) is 24.8 Å². The fraction of sp³-hybridized carbons (Fsp3) is 0.467. The zero-order chi connectivity index (χ0) is 28.7. The molecule has 3 aliphatic rings. The number of benzene rings is 1. The number of amides is 1. The number of hydrogen-bond acceptors (Lipinski definition) is 8. The van der Waals surface area contributed by atoms with E-state index in [1.807, 2.05) is 19.1 Å². The van der Waals surface area contributed by atoms with Crippen LogP contribution in [-0.4, -0.2) is 89.9 Å². The third-order valence-electron chi connectivity index (χ3n) is 8.74. The molecule has 0 bridgehead atoms. The number of carbonyl (C=O) groups excluding carboxylic acids is 1. The summed E-state index contributed by atoms with van der Waals surface area (Å²) in [6, 6.07) is 6.47. The number of piperazine rings is 1. The summed E-state index contributed by atoms with van der Waals surface area (Å²) < 4.78 is 21.2. The number of ether oxygens (including phenoxy) is 1. The Bertz CT molecular complexity index is 1540. The fourth-order valence-electron chi connectivity index (χ4n) is 6.49. The summed E-state index contributed by atoms with van der Waals surface area (Å²) in [5, 5.41) is 17.5. The van der Waals surface area contributed by atoms with Crippen molar-refractivity contribution in [2.24, 2.45) is 0 Å². The predicted molar refractivity (Wildman–Crippen MR) is 155 cm³/mol. The van der Waals surface area contributed by atoms with Crippen LogP contribution in [-0.2, 0) is 17.8 Å². The first-order valence-corrected chi connectivity index (χ1v) is 14.2. The number of H-pyrrole nitrogens is 1. The van der Waals surface area contributed by atoms with Crippen LogP contribution in [0.4, 0.5) is 15.8 Å². The molecule has 2 aromatic heterocycles. The number of hydrogen-bond donors (Lipinski definition) is 1. The largest absolute Gasteiger partial charge is 0.475 e. The van der Waals surface area contributed by atoms with Crippen LogP contribution >= 0.6 is 0 Å². The van der Waals surface area contributed by atoms with Gasteiger partial charge in [-0.2, -0.15) is 14.8 Å². The van der Waals surface area contributed by atoms with Gasteiger partial charge < -0.3 is 24.3 Å². The normalized spacial score (nSPS) is 19.4. The van der Waals surface area contributed by atoms with Crippen molar-refractivity contribution in [1.82, 2.24) is 25.0 Å². The van der Waals surface area contributed by atoms with E-state index >= 15 is 0 Å². The highest BCUT2D eigenvalue weighted by molar-refractivity contribution is 5.94. The van der Waals surface area contributed by atoms with Crippen molar-refractivity contribution in [2.45, 2.75) is 38.8 Å². The van der Waals surface area contributed by atoms with E-state index in [0.717, 1.165) is 47.6 Å². The van der Waals surface area contributed by atoms with Gasteiger partial charge in [0, 0.05) is 44.3 Å². The van der Waals surface area contributed by atoms with E-state index in [9.17, 15) is 14.4 Å². The van der Waals surface area contributed by atoms with Gasteiger partial charge in [0.05, 0.1) is 34.5 Å². The molecule has 214 valence electrons. The highest BCUT2D eigenvalue weighted by Gasteiger charge is 2.33. The van der Waals surface area contributed by atoms with E-state index in [-0.39, 0.29) is 11.9 Å². The molecule has 1 unspecified atom stereocenters. The third kappa shape index (κ3) is 4.86. The number of nitrogens with one attached hydrogen (secondary N) is 1. The van der Waals surface area contributed by atoms with Crippen molar-refractivity contribution in [2.75, 3.05) is 62.7 Å². The Morgan fingerprint density at radius 2 is 2.02 bits per heavy atom. The monoisotopic (exact) mass is 558 g/mol. The molecule has 0 spiro atoms. The highest BCUT2D eigenvalue weighted by Crippen LogP contribution is 2.40. The van der Waals surface area contributed by atoms with Gasteiger partial charge in [-0.15, -0.1) is 0 Å². The number of aryl methyl sites for hydroxylation is 1. The van der Waals surface area contributed by atoms with Gasteiger partial charge in [-0.25, -0.2) is 4.98 Å². The average molecular weight is 559 g/mol. The quantitative estimate of drug-likeness (QED) is 0.460. The van der Waals surface area contributed by atoms with Crippen LogP contribution in [0.5, 0.6) is 5.88 Å². The van der Waals surface area contributed by atoms with Crippen molar-refractivity contribution in [3.63, 3.8) is 0 Å². The molecule has 3 aromatic rings. The van der Waals surface area contributed by atoms with Crippen molar-refractivity contribution in [3.8, 4) is 11.9 Å². The number of carbonyl (C=O) groups is 1. The Hall–Kier alpha value is -4.17. The van der Waals surface area contributed by atoms with Crippen LogP contribution in [0.2, 0.25) is 0 Å². The van der Waals surface area contributed by atoms with Gasteiger partial charge in [-0.3, -0.25) is 9.89 Å².